The number of anilines is 3. The topological polar surface area (TPSA) is 137 Å². The summed E-state index contributed by atoms with van der Waals surface area (Å²) in [5.41, 5.74) is -0.0475. The van der Waals surface area contributed by atoms with Gasteiger partial charge in [-0.3, -0.25) is 24.1 Å². The van der Waals surface area contributed by atoms with Crippen LogP contribution in [0.25, 0.3) is 0 Å². The highest BCUT2D eigenvalue weighted by Crippen LogP contribution is 2.48. The van der Waals surface area contributed by atoms with Crippen LogP contribution in [0.5, 0.6) is 5.75 Å². The second kappa shape index (κ2) is 13.2. The number of fused-ring (bicyclic) bond motifs is 2. The molecule has 2 aromatic carbocycles. The number of aliphatic hydroxyl groups is 2. The van der Waals surface area contributed by atoms with Crippen LogP contribution in [0.3, 0.4) is 0 Å². The molecule has 11 nitrogen and oxygen atoms in total. The zero-order valence-corrected chi connectivity index (χ0v) is 25.1. The van der Waals surface area contributed by atoms with E-state index in [0.717, 1.165) is 12.8 Å². The summed E-state index contributed by atoms with van der Waals surface area (Å²) in [5.74, 6) is -1.42. The molecular formula is C33H39N3O8. The molecule has 0 bridgehead atoms. The average molecular weight is 606 g/mol. The number of rotatable bonds is 11. The molecule has 3 amide bonds. The lowest BCUT2D eigenvalue weighted by atomic mass is 9.82. The Morgan fingerprint density at radius 2 is 1.95 bits per heavy atom. The normalized spacial score (nSPS) is 21.8. The number of carbonyl (C=O) groups is 4. The number of benzene rings is 2. The monoisotopic (exact) mass is 605 g/mol. The summed E-state index contributed by atoms with van der Waals surface area (Å²) in [7, 11) is 1.33. The fourth-order valence-electron chi connectivity index (χ4n) is 6.31. The van der Waals surface area contributed by atoms with Crippen LogP contribution in [-0.4, -0.2) is 78.3 Å². The molecule has 0 spiro atoms. The number of unbranched alkanes of at least 4 members (excludes halogenated alkanes) is 1. The van der Waals surface area contributed by atoms with Crippen LogP contribution >= 0.6 is 0 Å². The van der Waals surface area contributed by atoms with E-state index in [1.54, 1.807) is 60.4 Å². The van der Waals surface area contributed by atoms with Crippen LogP contribution < -0.4 is 14.5 Å². The number of hydrogen-bond acceptors (Lipinski definition) is 8. The number of hydrogen-bond donors (Lipinski definition) is 2. The standard InChI is InChI=1S/C33H39N3O8/c1-22(9-7-13-29(38)34-18-8-10-24(34)20-37)33(42)25-19-23(36-27-11-3-4-12-28(27)44-21-30(36)39)15-16-26(25)35(32(33)41)17-6-5-14-31(40)43-2/h3-4,7,9,11-12,15-16,19,22,24,37,42H,5-6,8,10,13-14,17-18,20-21H2,1-2H3/b9-7+/t22-,24-,33+/m0/s1. The number of esters is 1. The number of amides is 3. The van der Waals surface area contributed by atoms with Gasteiger partial charge in [-0.05, 0) is 56.0 Å². The van der Waals surface area contributed by atoms with E-state index < -0.39 is 17.4 Å². The summed E-state index contributed by atoms with van der Waals surface area (Å²) < 4.78 is 10.3. The molecule has 44 heavy (non-hydrogen) atoms. The molecule has 0 aliphatic carbocycles. The lowest BCUT2D eigenvalue weighted by Gasteiger charge is -2.31. The number of nitrogens with zero attached hydrogens (tertiary/aromatic N) is 3. The predicted molar refractivity (Wildman–Crippen MR) is 162 cm³/mol. The van der Waals surface area contributed by atoms with Gasteiger partial charge in [-0.15, -0.1) is 0 Å². The van der Waals surface area contributed by atoms with Gasteiger partial charge in [0.1, 0.15) is 5.75 Å². The number of likely N-dealkylation sites (tertiary alicyclic amines) is 1. The highest BCUT2D eigenvalue weighted by atomic mass is 16.5. The van der Waals surface area contributed by atoms with Gasteiger partial charge in [-0.1, -0.05) is 31.2 Å². The van der Waals surface area contributed by atoms with Gasteiger partial charge < -0.3 is 29.5 Å². The third kappa shape index (κ3) is 5.81. The summed E-state index contributed by atoms with van der Waals surface area (Å²) >= 11 is 0. The van der Waals surface area contributed by atoms with Crippen molar-refractivity contribution in [1.29, 1.82) is 0 Å². The van der Waals surface area contributed by atoms with Crippen molar-refractivity contribution < 1.29 is 38.9 Å². The molecule has 5 rings (SSSR count). The maximum Gasteiger partial charge on any atom is 0.305 e. The molecule has 1 fully saturated rings. The Bertz CT molecular complexity index is 1460. The van der Waals surface area contributed by atoms with Gasteiger partial charge in [-0.25, -0.2) is 0 Å². The fourth-order valence-corrected chi connectivity index (χ4v) is 6.31. The molecule has 3 atom stereocenters. The summed E-state index contributed by atoms with van der Waals surface area (Å²) in [5, 5.41) is 21.8. The Kier molecular flexibility index (Phi) is 9.36. The van der Waals surface area contributed by atoms with Gasteiger partial charge in [0.15, 0.2) is 12.2 Å². The zero-order valence-electron chi connectivity index (χ0n) is 25.1. The van der Waals surface area contributed by atoms with E-state index in [0.29, 0.717) is 47.8 Å². The lowest BCUT2D eigenvalue weighted by Crippen LogP contribution is -2.44. The Morgan fingerprint density at radius 1 is 1.16 bits per heavy atom. The first-order chi connectivity index (χ1) is 21.2. The van der Waals surface area contributed by atoms with Crippen molar-refractivity contribution in [2.75, 3.05) is 43.2 Å². The highest BCUT2D eigenvalue weighted by molar-refractivity contribution is 6.09. The van der Waals surface area contributed by atoms with Crippen LogP contribution in [0.1, 0.15) is 51.0 Å². The quantitative estimate of drug-likeness (QED) is 0.226. The number of ether oxygens (including phenoxy) is 2. The van der Waals surface area contributed by atoms with E-state index in [9.17, 15) is 29.4 Å². The van der Waals surface area contributed by atoms with Crippen molar-refractivity contribution in [3.8, 4) is 5.75 Å². The first-order valence-corrected chi connectivity index (χ1v) is 15.1. The fraction of sp³-hybridized carbons (Fsp3) is 0.455. The summed E-state index contributed by atoms with van der Waals surface area (Å²) in [4.78, 5) is 56.2. The van der Waals surface area contributed by atoms with Crippen LogP contribution in [0.15, 0.2) is 54.6 Å². The molecule has 1 saturated heterocycles. The second-order valence-corrected chi connectivity index (χ2v) is 11.4. The van der Waals surface area contributed by atoms with Crippen molar-refractivity contribution in [2.24, 2.45) is 5.92 Å². The van der Waals surface area contributed by atoms with Crippen LogP contribution in [0, 0.1) is 5.92 Å². The first kappa shape index (κ1) is 31.2. The summed E-state index contributed by atoms with van der Waals surface area (Å²) in [6.07, 6.45) is 6.25. The zero-order chi connectivity index (χ0) is 31.4. The van der Waals surface area contributed by atoms with E-state index in [-0.39, 0.29) is 56.4 Å². The predicted octanol–water partition coefficient (Wildman–Crippen LogP) is 3.19. The van der Waals surface area contributed by atoms with Gasteiger partial charge in [0.2, 0.25) is 5.91 Å². The number of para-hydroxylation sites is 2. The third-order valence-corrected chi connectivity index (χ3v) is 8.74. The van der Waals surface area contributed by atoms with E-state index in [1.807, 2.05) is 6.07 Å². The van der Waals surface area contributed by atoms with Crippen LogP contribution in [0.2, 0.25) is 0 Å². The smallest absolute Gasteiger partial charge is 0.305 e. The molecule has 0 saturated carbocycles. The van der Waals surface area contributed by atoms with Crippen molar-refractivity contribution in [2.45, 2.75) is 57.1 Å². The number of carbonyl (C=O) groups excluding carboxylic acids is 4. The molecule has 3 heterocycles. The molecule has 3 aliphatic rings. The Balaban J connectivity index is 1.44. The van der Waals surface area contributed by atoms with Gasteiger partial charge in [-0.2, -0.15) is 0 Å². The molecule has 2 aromatic rings. The maximum atomic E-state index is 14.0. The van der Waals surface area contributed by atoms with Gasteiger partial charge in [0, 0.05) is 43.1 Å². The lowest BCUT2D eigenvalue weighted by molar-refractivity contribution is -0.140. The number of aliphatic hydroxyl groups excluding tert-OH is 1. The molecular weight excluding hydrogens is 566 g/mol. The Morgan fingerprint density at radius 3 is 2.73 bits per heavy atom. The van der Waals surface area contributed by atoms with Crippen molar-refractivity contribution in [3.63, 3.8) is 0 Å². The van der Waals surface area contributed by atoms with Gasteiger partial charge in [0.05, 0.1) is 31.1 Å². The molecule has 11 heteroatoms. The summed E-state index contributed by atoms with van der Waals surface area (Å²) in [6, 6.07) is 12.1. The largest absolute Gasteiger partial charge is 0.482 e. The summed E-state index contributed by atoms with van der Waals surface area (Å²) in [6.45, 7) is 2.37. The molecule has 0 radical (unpaired) electrons. The molecule has 234 valence electrons. The molecule has 0 aromatic heterocycles. The Hall–Kier alpha value is -4.22. The highest BCUT2D eigenvalue weighted by Gasteiger charge is 2.52. The van der Waals surface area contributed by atoms with Crippen molar-refractivity contribution >= 4 is 40.8 Å². The van der Waals surface area contributed by atoms with E-state index in [4.69, 9.17) is 9.47 Å². The van der Waals surface area contributed by atoms with Crippen LogP contribution in [-0.2, 0) is 29.5 Å². The SMILES string of the molecule is COC(=O)CCCCN1C(=O)[C@@](O)([C@@H](C)/C=C/CC(=O)N2CCC[C@H]2CO)c2cc(N3C(=O)COc4ccccc43)ccc21. The minimum atomic E-state index is -1.97. The van der Waals surface area contributed by atoms with Crippen molar-refractivity contribution in [3.05, 3.63) is 60.2 Å². The first-order valence-electron chi connectivity index (χ1n) is 15.1. The van der Waals surface area contributed by atoms with Gasteiger partial charge >= 0.3 is 5.97 Å². The average Bonchev–Trinajstić information content (AvgIpc) is 3.60. The second-order valence-electron chi connectivity index (χ2n) is 11.4. The Labute approximate surface area is 256 Å². The van der Waals surface area contributed by atoms with E-state index in [2.05, 4.69) is 0 Å². The minimum absolute atomic E-state index is 0.0777. The molecule has 2 N–H and O–H groups in total. The molecule has 0 unspecified atom stereocenters. The maximum absolute atomic E-state index is 14.0. The van der Waals surface area contributed by atoms with Crippen LogP contribution in [0.4, 0.5) is 17.1 Å². The van der Waals surface area contributed by atoms with E-state index in [1.165, 1.54) is 16.9 Å². The number of methoxy groups -OCH3 is 1. The van der Waals surface area contributed by atoms with Gasteiger partial charge in [0.25, 0.3) is 11.8 Å². The van der Waals surface area contributed by atoms with E-state index >= 15 is 0 Å². The minimum Gasteiger partial charge on any atom is -0.482 e. The molecule has 3 aliphatic heterocycles. The third-order valence-electron chi connectivity index (χ3n) is 8.74. The van der Waals surface area contributed by atoms with Crippen molar-refractivity contribution in [1.82, 2.24) is 4.90 Å².